The lowest BCUT2D eigenvalue weighted by atomic mass is 9.98. The summed E-state index contributed by atoms with van der Waals surface area (Å²) in [7, 11) is -3.10. The molecular weight excluding hydrogens is 320 g/mol. The highest BCUT2D eigenvalue weighted by atomic mass is 32.2. The molecule has 0 aliphatic carbocycles. The predicted molar refractivity (Wildman–Crippen MR) is 83.4 cm³/mol. The highest BCUT2D eigenvalue weighted by molar-refractivity contribution is 7.88. The summed E-state index contributed by atoms with van der Waals surface area (Å²) < 4.78 is 35.2. The maximum atomic E-state index is 11.5. The summed E-state index contributed by atoms with van der Waals surface area (Å²) in [4.78, 5) is 4.47. The molecule has 0 saturated carbocycles. The maximum absolute atomic E-state index is 11.5. The molecule has 1 aromatic heterocycles. The highest BCUT2D eigenvalue weighted by Crippen LogP contribution is 2.26. The molecule has 1 aromatic rings. The minimum atomic E-state index is -3.10. The number of rotatable bonds is 5. The molecule has 8 nitrogen and oxygen atoms in total. The van der Waals surface area contributed by atoms with Crippen LogP contribution >= 0.6 is 0 Å². The van der Waals surface area contributed by atoms with E-state index in [1.54, 1.807) is 0 Å². The molecule has 0 radical (unpaired) electrons. The van der Waals surface area contributed by atoms with Crippen LogP contribution in [0.5, 0.6) is 0 Å². The summed E-state index contributed by atoms with van der Waals surface area (Å²) in [5.74, 6) is 1.47. The molecule has 0 aromatic carbocycles. The number of sulfonamides is 1. The van der Waals surface area contributed by atoms with E-state index in [9.17, 15) is 8.42 Å². The molecule has 2 aliphatic heterocycles. The van der Waals surface area contributed by atoms with Gasteiger partial charge in [-0.3, -0.25) is 0 Å². The van der Waals surface area contributed by atoms with Crippen LogP contribution in [0.4, 0.5) is 0 Å². The van der Waals surface area contributed by atoms with E-state index in [1.165, 1.54) is 10.6 Å². The van der Waals surface area contributed by atoms with Crippen molar-refractivity contribution in [3.63, 3.8) is 0 Å². The first-order chi connectivity index (χ1) is 11.0. The molecule has 2 saturated heterocycles. The number of hydrogen-bond acceptors (Lipinski definition) is 7. The second-order valence-electron chi connectivity index (χ2n) is 6.25. The lowest BCUT2D eigenvalue weighted by Crippen LogP contribution is -2.37. The first kappa shape index (κ1) is 16.8. The van der Waals surface area contributed by atoms with E-state index in [2.05, 4.69) is 15.5 Å². The van der Waals surface area contributed by atoms with Crippen LogP contribution in [0, 0.1) is 0 Å². The number of nitrogens with one attached hydrogen (secondary N) is 1. The molecule has 23 heavy (non-hydrogen) atoms. The zero-order chi connectivity index (χ0) is 16.3. The van der Waals surface area contributed by atoms with Crippen molar-refractivity contribution < 1.29 is 17.7 Å². The van der Waals surface area contributed by atoms with Gasteiger partial charge in [-0.15, -0.1) is 0 Å². The minimum Gasteiger partial charge on any atom is -0.381 e. The third kappa shape index (κ3) is 4.50. The molecule has 3 rings (SSSR count). The Hall–Kier alpha value is -1.03. The van der Waals surface area contributed by atoms with Gasteiger partial charge in [-0.2, -0.15) is 4.98 Å². The van der Waals surface area contributed by atoms with Gasteiger partial charge in [-0.1, -0.05) is 5.16 Å². The van der Waals surface area contributed by atoms with Crippen molar-refractivity contribution in [2.75, 3.05) is 32.6 Å². The first-order valence-corrected chi connectivity index (χ1v) is 9.96. The van der Waals surface area contributed by atoms with E-state index in [-0.39, 0.29) is 5.92 Å². The Bertz CT molecular complexity index is 604. The summed E-state index contributed by atoms with van der Waals surface area (Å²) in [6.07, 6.45) is 4.73. The first-order valence-electron chi connectivity index (χ1n) is 8.11. The summed E-state index contributed by atoms with van der Waals surface area (Å²) in [5, 5.41) is 7.49. The summed E-state index contributed by atoms with van der Waals surface area (Å²) in [5.41, 5.74) is 0. The van der Waals surface area contributed by atoms with Gasteiger partial charge >= 0.3 is 0 Å². The molecule has 0 amide bonds. The van der Waals surface area contributed by atoms with Crippen LogP contribution < -0.4 is 5.32 Å². The summed E-state index contributed by atoms with van der Waals surface area (Å²) >= 11 is 0. The number of piperidine rings is 1. The molecule has 0 unspecified atom stereocenters. The van der Waals surface area contributed by atoms with Crippen LogP contribution in [0.15, 0.2) is 4.52 Å². The SMILES string of the molecule is CS(=O)(=O)N1CCC(c2noc(CNC3CCOCC3)n2)CC1. The van der Waals surface area contributed by atoms with Crippen molar-refractivity contribution >= 4 is 10.0 Å². The van der Waals surface area contributed by atoms with Crippen LogP contribution in [-0.2, 0) is 21.3 Å². The lowest BCUT2D eigenvalue weighted by Gasteiger charge is -2.28. The van der Waals surface area contributed by atoms with Gasteiger partial charge in [-0.05, 0) is 25.7 Å². The van der Waals surface area contributed by atoms with E-state index in [0.29, 0.717) is 37.4 Å². The van der Waals surface area contributed by atoms with E-state index < -0.39 is 10.0 Å². The van der Waals surface area contributed by atoms with Gasteiger partial charge in [0.2, 0.25) is 15.9 Å². The van der Waals surface area contributed by atoms with Gasteiger partial charge in [0.1, 0.15) is 0 Å². The molecule has 2 aliphatic rings. The molecule has 0 spiro atoms. The maximum Gasteiger partial charge on any atom is 0.240 e. The predicted octanol–water partition coefficient (Wildman–Crippen LogP) is 0.477. The van der Waals surface area contributed by atoms with Crippen molar-refractivity contribution in [1.82, 2.24) is 19.8 Å². The quantitative estimate of drug-likeness (QED) is 0.829. The second-order valence-corrected chi connectivity index (χ2v) is 8.23. The molecule has 130 valence electrons. The van der Waals surface area contributed by atoms with E-state index >= 15 is 0 Å². The van der Waals surface area contributed by atoms with E-state index in [0.717, 1.165) is 38.9 Å². The monoisotopic (exact) mass is 344 g/mol. The Morgan fingerprint density at radius 2 is 1.91 bits per heavy atom. The van der Waals surface area contributed by atoms with Crippen molar-refractivity contribution in [2.45, 2.75) is 44.2 Å². The normalized spacial score (nSPS) is 22.5. The Morgan fingerprint density at radius 1 is 1.22 bits per heavy atom. The molecule has 3 heterocycles. The van der Waals surface area contributed by atoms with Gasteiger partial charge in [0.05, 0.1) is 12.8 Å². The largest absolute Gasteiger partial charge is 0.381 e. The third-order valence-corrected chi connectivity index (χ3v) is 5.84. The average Bonchev–Trinajstić information content (AvgIpc) is 3.02. The van der Waals surface area contributed by atoms with E-state index in [1.807, 2.05) is 0 Å². The molecule has 0 bridgehead atoms. The molecule has 9 heteroatoms. The lowest BCUT2D eigenvalue weighted by molar-refractivity contribution is 0.0768. The molecular formula is C14H24N4O4S. The molecule has 0 atom stereocenters. The Kier molecular flexibility index (Phi) is 5.30. The molecule has 2 fully saturated rings. The Morgan fingerprint density at radius 3 is 2.57 bits per heavy atom. The fourth-order valence-corrected chi connectivity index (χ4v) is 3.96. The van der Waals surface area contributed by atoms with Gasteiger partial charge in [0.25, 0.3) is 0 Å². The number of hydrogen-bond donors (Lipinski definition) is 1. The third-order valence-electron chi connectivity index (χ3n) is 4.54. The van der Waals surface area contributed by atoms with Crippen molar-refractivity contribution in [3.8, 4) is 0 Å². The fraction of sp³-hybridized carbons (Fsp3) is 0.857. The zero-order valence-corrected chi connectivity index (χ0v) is 14.2. The van der Waals surface area contributed by atoms with Gasteiger partial charge in [0.15, 0.2) is 5.82 Å². The van der Waals surface area contributed by atoms with Crippen LogP contribution in [-0.4, -0.2) is 61.5 Å². The summed E-state index contributed by atoms with van der Waals surface area (Å²) in [6, 6.07) is 0.442. The van der Waals surface area contributed by atoms with Gasteiger partial charge in [0, 0.05) is 38.3 Å². The van der Waals surface area contributed by atoms with Crippen LogP contribution in [0.1, 0.15) is 43.3 Å². The van der Waals surface area contributed by atoms with Crippen LogP contribution in [0.3, 0.4) is 0 Å². The van der Waals surface area contributed by atoms with Crippen molar-refractivity contribution in [2.24, 2.45) is 0 Å². The standard InChI is InChI=1S/C14H24N4O4S/c1-23(19,20)18-6-2-11(3-7-18)14-16-13(22-17-14)10-15-12-4-8-21-9-5-12/h11-12,15H,2-10H2,1H3. The number of nitrogens with zero attached hydrogens (tertiary/aromatic N) is 3. The number of aromatic nitrogens is 2. The Labute approximate surface area is 136 Å². The fourth-order valence-electron chi connectivity index (χ4n) is 3.08. The zero-order valence-electron chi connectivity index (χ0n) is 13.4. The van der Waals surface area contributed by atoms with Gasteiger partial charge < -0.3 is 14.6 Å². The number of ether oxygens (including phenoxy) is 1. The molecule has 1 N–H and O–H groups in total. The average molecular weight is 344 g/mol. The summed E-state index contributed by atoms with van der Waals surface area (Å²) in [6.45, 7) is 3.21. The van der Waals surface area contributed by atoms with Gasteiger partial charge in [-0.25, -0.2) is 12.7 Å². The smallest absolute Gasteiger partial charge is 0.240 e. The van der Waals surface area contributed by atoms with Crippen LogP contribution in [0.2, 0.25) is 0 Å². The topological polar surface area (TPSA) is 97.6 Å². The minimum absolute atomic E-state index is 0.175. The van der Waals surface area contributed by atoms with E-state index in [4.69, 9.17) is 9.26 Å². The highest BCUT2D eigenvalue weighted by Gasteiger charge is 2.28. The Balaban J connectivity index is 1.49. The van der Waals surface area contributed by atoms with Crippen LogP contribution in [0.25, 0.3) is 0 Å². The van der Waals surface area contributed by atoms with Crippen molar-refractivity contribution in [1.29, 1.82) is 0 Å². The second kappa shape index (κ2) is 7.25. The van der Waals surface area contributed by atoms with Crippen molar-refractivity contribution in [3.05, 3.63) is 11.7 Å².